The average Bonchev–Trinajstić information content (AvgIpc) is 2.55. The Morgan fingerprint density at radius 1 is 0.875 bits per heavy atom. The van der Waals surface area contributed by atoms with Crippen LogP contribution in [0.5, 0.6) is 5.75 Å². The van der Waals surface area contributed by atoms with E-state index in [9.17, 15) is 0 Å². The van der Waals surface area contributed by atoms with Gasteiger partial charge < -0.3 is 4.74 Å². The molecule has 3 rings (SSSR count). The molecule has 1 heterocycles. The van der Waals surface area contributed by atoms with Crippen LogP contribution in [-0.4, -0.2) is 5.60 Å². The lowest BCUT2D eigenvalue weighted by molar-refractivity contribution is 0.0311. The molecule has 0 unspecified atom stereocenters. The van der Waals surface area contributed by atoms with Gasteiger partial charge in [-0.2, -0.15) is 0 Å². The first-order chi connectivity index (χ1) is 7.88. The Morgan fingerprint density at radius 3 is 2.44 bits per heavy atom. The standard InChI is InChI=1S/C15H20O/c1-2-6-11-15(10-5-1)12-9-13-7-3-4-8-14(13)16-15/h3-4,7-8H,1-2,5-6,9-12H2. The molecule has 1 aliphatic carbocycles. The summed E-state index contributed by atoms with van der Waals surface area (Å²) in [6.07, 6.45) is 10.5. The van der Waals surface area contributed by atoms with Crippen molar-refractivity contribution in [2.75, 3.05) is 0 Å². The van der Waals surface area contributed by atoms with Crippen molar-refractivity contribution in [2.45, 2.75) is 57.0 Å². The molecule has 0 amide bonds. The summed E-state index contributed by atoms with van der Waals surface area (Å²) in [6.45, 7) is 0. The van der Waals surface area contributed by atoms with Crippen LogP contribution in [0.4, 0.5) is 0 Å². The second-order valence-corrected chi connectivity index (χ2v) is 5.31. The van der Waals surface area contributed by atoms with Crippen molar-refractivity contribution in [3.8, 4) is 5.75 Å². The lowest BCUT2D eigenvalue weighted by Crippen LogP contribution is -2.38. The minimum absolute atomic E-state index is 0.185. The van der Waals surface area contributed by atoms with Gasteiger partial charge in [-0.15, -0.1) is 0 Å². The summed E-state index contributed by atoms with van der Waals surface area (Å²) in [7, 11) is 0. The fourth-order valence-corrected chi connectivity index (χ4v) is 3.18. The first-order valence-electron chi connectivity index (χ1n) is 6.65. The first kappa shape index (κ1) is 10.2. The highest BCUT2D eigenvalue weighted by Gasteiger charge is 2.36. The van der Waals surface area contributed by atoms with Gasteiger partial charge in [-0.1, -0.05) is 31.0 Å². The normalized spacial score (nSPS) is 23.2. The Bertz CT molecular complexity index is 361. The van der Waals surface area contributed by atoms with Crippen LogP contribution in [0, 0.1) is 0 Å². The molecule has 1 spiro atoms. The van der Waals surface area contributed by atoms with Crippen LogP contribution in [0.1, 0.15) is 50.5 Å². The third kappa shape index (κ3) is 1.83. The maximum atomic E-state index is 6.34. The van der Waals surface area contributed by atoms with E-state index in [1.54, 1.807) is 0 Å². The molecular formula is C15H20O. The molecule has 2 aliphatic rings. The third-order valence-electron chi connectivity index (χ3n) is 4.16. The van der Waals surface area contributed by atoms with Crippen molar-refractivity contribution in [3.63, 3.8) is 0 Å². The van der Waals surface area contributed by atoms with Crippen LogP contribution in [0.15, 0.2) is 24.3 Å². The summed E-state index contributed by atoms with van der Waals surface area (Å²) in [4.78, 5) is 0. The lowest BCUT2D eigenvalue weighted by Gasteiger charge is -2.38. The molecule has 0 saturated heterocycles. The van der Waals surface area contributed by atoms with E-state index in [-0.39, 0.29) is 5.60 Å². The molecule has 0 atom stereocenters. The van der Waals surface area contributed by atoms with E-state index in [1.165, 1.54) is 56.9 Å². The summed E-state index contributed by atoms with van der Waals surface area (Å²) in [5.74, 6) is 1.15. The van der Waals surface area contributed by atoms with Crippen LogP contribution in [0.3, 0.4) is 0 Å². The molecule has 1 fully saturated rings. The second kappa shape index (κ2) is 4.12. The molecule has 1 aliphatic heterocycles. The van der Waals surface area contributed by atoms with Crippen molar-refractivity contribution in [1.29, 1.82) is 0 Å². The van der Waals surface area contributed by atoms with E-state index < -0.39 is 0 Å². The number of ether oxygens (including phenoxy) is 1. The molecule has 1 nitrogen and oxygen atoms in total. The van der Waals surface area contributed by atoms with Crippen LogP contribution in [-0.2, 0) is 6.42 Å². The van der Waals surface area contributed by atoms with Crippen molar-refractivity contribution in [1.82, 2.24) is 0 Å². The van der Waals surface area contributed by atoms with Crippen molar-refractivity contribution in [2.24, 2.45) is 0 Å². The minimum Gasteiger partial charge on any atom is -0.487 e. The predicted octanol–water partition coefficient (Wildman–Crippen LogP) is 4.10. The Balaban J connectivity index is 1.85. The zero-order chi connectivity index (χ0) is 10.8. The van der Waals surface area contributed by atoms with Crippen molar-refractivity contribution < 1.29 is 4.74 Å². The maximum Gasteiger partial charge on any atom is 0.123 e. The highest BCUT2D eigenvalue weighted by molar-refractivity contribution is 5.36. The number of hydrogen-bond donors (Lipinski definition) is 0. The van der Waals surface area contributed by atoms with E-state index in [1.807, 2.05) is 0 Å². The third-order valence-corrected chi connectivity index (χ3v) is 4.16. The van der Waals surface area contributed by atoms with Gasteiger partial charge in [0.1, 0.15) is 11.4 Å². The fraction of sp³-hybridized carbons (Fsp3) is 0.600. The summed E-state index contributed by atoms with van der Waals surface area (Å²) < 4.78 is 6.34. The maximum absolute atomic E-state index is 6.34. The molecule has 1 aromatic carbocycles. The molecule has 1 aromatic rings. The van der Waals surface area contributed by atoms with Crippen molar-refractivity contribution in [3.05, 3.63) is 29.8 Å². The highest BCUT2D eigenvalue weighted by atomic mass is 16.5. The monoisotopic (exact) mass is 216 g/mol. The molecule has 0 aromatic heterocycles. The Morgan fingerprint density at radius 2 is 1.62 bits per heavy atom. The van der Waals surface area contributed by atoms with Gasteiger partial charge in [0.2, 0.25) is 0 Å². The number of benzene rings is 1. The van der Waals surface area contributed by atoms with Gasteiger partial charge in [-0.25, -0.2) is 0 Å². The van der Waals surface area contributed by atoms with Crippen LogP contribution >= 0.6 is 0 Å². The van der Waals surface area contributed by atoms with E-state index in [4.69, 9.17) is 4.74 Å². The Labute approximate surface area is 97.8 Å². The molecule has 1 saturated carbocycles. The number of hydrogen-bond acceptors (Lipinski definition) is 1. The zero-order valence-electron chi connectivity index (χ0n) is 9.87. The van der Waals surface area contributed by atoms with Gasteiger partial charge >= 0.3 is 0 Å². The topological polar surface area (TPSA) is 9.23 Å². The lowest BCUT2D eigenvalue weighted by atomic mass is 9.85. The molecule has 0 N–H and O–H groups in total. The van der Waals surface area contributed by atoms with Crippen molar-refractivity contribution >= 4 is 0 Å². The fourth-order valence-electron chi connectivity index (χ4n) is 3.18. The van der Waals surface area contributed by atoms with Crippen LogP contribution in [0.25, 0.3) is 0 Å². The van der Waals surface area contributed by atoms with E-state index in [0.29, 0.717) is 0 Å². The predicted molar refractivity (Wildman–Crippen MR) is 65.8 cm³/mol. The summed E-state index contributed by atoms with van der Waals surface area (Å²) in [5, 5.41) is 0. The summed E-state index contributed by atoms with van der Waals surface area (Å²) in [5.41, 5.74) is 1.59. The van der Waals surface area contributed by atoms with Gasteiger partial charge in [-0.05, 0) is 50.2 Å². The quantitative estimate of drug-likeness (QED) is 0.634. The SMILES string of the molecule is c1ccc2c(c1)CCC1(CCCCCC1)O2. The van der Waals surface area contributed by atoms with Gasteiger partial charge in [-0.3, -0.25) is 0 Å². The summed E-state index contributed by atoms with van der Waals surface area (Å²) in [6, 6.07) is 8.56. The van der Waals surface area contributed by atoms with Gasteiger partial charge in [0.25, 0.3) is 0 Å². The molecule has 1 heteroatoms. The van der Waals surface area contributed by atoms with Crippen LogP contribution < -0.4 is 4.74 Å². The Hall–Kier alpha value is -0.980. The number of fused-ring (bicyclic) bond motifs is 1. The second-order valence-electron chi connectivity index (χ2n) is 5.31. The van der Waals surface area contributed by atoms with Crippen LogP contribution in [0.2, 0.25) is 0 Å². The molecule has 0 radical (unpaired) electrons. The number of para-hydroxylation sites is 1. The van der Waals surface area contributed by atoms with Gasteiger partial charge in [0.05, 0.1) is 0 Å². The van der Waals surface area contributed by atoms with E-state index in [0.717, 1.165) is 5.75 Å². The number of rotatable bonds is 0. The zero-order valence-corrected chi connectivity index (χ0v) is 9.87. The van der Waals surface area contributed by atoms with E-state index in [2.05, 4.69) is 24.3 Å². The molecular weight excluding hydrogens is 196 g/mol. The first-order valence-corrected chi connectivity index (χ1v) is 6.65. The smallest absolute Gasteiger partial charge is 0.123 e. The highest BCUT2D eigenvalue weighted by Crippen LogP contribution is 2.40. The minimum atomic E-state index is 0.185. The molecule has 0 bridgehead atoms. The average molecular weight is 216 g/mol. The molecule has 86 valence electrons. The molecule has 16 heavy (non-hydrogen) atoms. The number of aryl methyl sites for hydroxylation is 1. The van der Waals surface area contributed by atoms with Gasteiger partial charge in [0.15, 0.2) is 0 Å². The van der Waals surface area contributed by atoms with E-state index >= 15 is 0 Å². The largest absolute Gasteiger partial charge is 0.487 e. The van der Waals surface area contributed by atoms with Gasteiger partial charge in [0, 0.05) is 0 Å². The Kier molecular flexibility index (Phi) is 2.62. The summed E-state index contributed by atoms with van der Waals surface area (Å²) >= 11 is 0.